The summed E-state index contributed by atoms with van der Waals surface area (Å²) < 4.78 is 15.9. The van der Waals surface area contributed by atoms with Crippen molar-refractivity contribution in [1.82, 2.24) is 0 Å². The Morgan fingerprint density at radius 1 is 1.18 bits per heavy atom. The Hall–Kier alpha value is -3.53. The van der Waals surface area contributed by atoms with Crippen LogP contribution in [0.1, 0.15) is 10.4 Å². The molecule has 0 aliphatic rings. The number of carbonyl (C=O) groups is 2. The smallest absolute Gasteiger partial charge is 0.351 e. The lowest BCUT2D eigenvalue weighted by Crippen LogP contribution is -2.31. The van der Waals surface area contributed by atoms with E-state index in [1.54, 1.807) is 25.2 Å². The highest BCUT2D eigenvalue weighted by molar-refractivity contribution is 7.22. The van der Waals surface area contributed by atoms with Crippen molar-refractivity contribution in [1.29, 1.82) is 0 Å². The van der Waals surface area contributed by atoms with Crippen LogP contribution in [-0.4, -0.2) is 38.4 Å². The minimum Gasteiger partial charge on any atom is -0.497 e. The van der Waals surface area contributed by atoms with Crippen LogP contribution in [0, 0.1) is 0 Å². The van der Waals surface area contributed by atoms with E-state index in [0.29, 0.717) is 26.9 Å². The number of ether oxygens (including phenoxy) is 2. The number of anilines is 2. The molecule has 0 saturated heterocycles. The molecule has 2 N–H and O–H groups in total. The number of carboxylic acid groups (broad SMARTS) is 1. The Morgan fingerprint density at radius 2 is 1.93 bits per heavy atom. The molecule has 10 heteroatoms. The lowest BCUT2D eigenvalue weighted by molar-refractivity contribution is 0.0692. The Balaban J connectivity index is 1.86. The van der Waals surface area contributed by atoms with Gasteiger partial charge in [-0.1, -0.05) is 0 Å². The topological polar surface area (TPSA) is 118 Å². The van der Waals surface area contributed by atoms with E-state index in [0.717, 1.165) is 11.3 Å². The lowest BCUT2D eigenvalue weighted by atomic mass is 10.2. The first-order chi connectivity index (χ1) is 13.3. The number of thiophene rings is 1. The van der Waals surface area contributed by atoms with Crippen molar-refractivity contribution in [2.75, 3.05) is 31.5 Å². The summed E-state index contributed by atoms with van der Waals surface area (Å²) in [6, 6.07) is 7.25. The second-order valence-corrected chi connectivity index (χ2v) is 6.70. The third-order valence-electron chi connectivity index (χ3n) is 3.94. The van der Waals surface area contributed by atoms with E-state index in [-0.39, 0.29) is 5.58 Å². The van der Waals surface area contributed by atoms with Gasteiger partial charge in [0.25, 0.3) is 0 Å². The van der Waals surface area contributed by atoms with Crippen LogP contribution in [0.5, 0.6) is 11.5 Å². The van der Waals surface area contributed by atoms with Gasteiger partial charge in [-0.25, -0.2) is 14.4 Å². The van der Waals surface area contributed by atoms with Crippen LogP contribution in [0.15, 0.2) is 39.5 Å². The minimum atomic E-state index is -1.37. The van der Waals surface area contributed by atoms with Crippen molar-refractivity contribution < 1.29 is 28.6 Å². The lowest BCUT2D eigenvalue weighted by Gasteiger charge is -2.20. The zero-order chi connectivity index (χ0) is 20.4. The molecule has 2 heterocycles. The normalized spacial score (nSPS) is 10.5. The maximum atomic E-state index is 12.6. The van der Waals surface area contributed by atoms with Crippen LogP contribution in [0.25, 0.3) is 10.3 Å². The summed E-state index contributed by atoms with van der Waals surface area (Å²) in [5.74, 6) is -0.338. The Morgan fingerprint density at radius 3 is 2.57 bits per heavy atom. The molecule has 1 aromatic carbocycles. The molecular formula is C18H16N2O7S. The minimum absolute atomic E-state index is 0.194. The first kappa shape index (κ1) is 19.2. The fraction of sp³-hybridized carbons (Fsp3) is 0.167. The van der Waals surface area contributed by atoms with Crippen LogP contribution in [0.4, 0.5) is 15.5 Å². The first-order valence-electron chi connectivity index (χ1n) is 7.91. The van der Waals surface area contributed by atoms with Crippen LogP contribution in [0.2, 0.25) is 0 Å². The molecule has 0 bridgehead atoms. The third-order valence-corrected chi connectivity index (χ3v) is 4.92. The molecule has 146 valence electrons. The van der Waals surface area contributed by atoms with Crippen LogP contribution in [0.3, 0.4) is 0 Å². The fourth-order valence-electron chi connectivity index (χ4n) is 2.48. The quantitative estimate of drug-likeness (QED) is 0.670. The number of hydrogen-bond donors (Lipinski definition) is 2. The largest absolute Gasteiger partial charge is 0.497 e. The number of aromatic carboxylic acids is 1. The summed E-state index contributed by atoms with van der Waals surface area (Å²) >= 11 is 1.09. The van der Waals surface area contributed by atoms with E-state index in [2.05, 4.69) is 5.32 Å². The van der Waals surface area contributed by atoms with Gasteiger partial charge in [-0.15, -0.1) is 11.3 Å². The number of carboxylic acids is 1. The van der Waals surface area contributed by atoms with Crippen molar-refractivity contribution in [2.24, 2.45) is 0 Å². The highest BCUT2D eigenvalue weighted by atomic mass is 32.1. The van der Waals surface area contributed by atoms with Crippen LogP contribution >= 0.6 is 11.3 Å². The Labute approximate surface area is 162 Å². The molecule has 0 radical (unpaired) electrons. The van der Waals surface area contributed by atoms with Gasteiger partial charge in [0.05, 0.1) is 24.6 Å². The van der Waals surface area contributed by atoms with Gasteiger partial charge in [0.2, 0.25) is 0 Å². The van der Waals surface area contributed by atoms with Gasteiger partial charge in [-0.3, -0.25) is 10.2 Å². The molecule has 0 spiro atoms. The third kappa shape index (κ3) is 3.62. The molecule has 0 fully saturated rings. The number of nitrogens with one attached hydrogen (secondary N) is 1. The summed E-state index contributed by atoms with van der Waals surface area (Å²) in [4.78, 5) is 36.7. The molecule has 3 aromatic rings. The van der Waals surface area contributed by atoms with Gasteiger partial charge in [-0.05, 0) is 18.2 Å². The van der Waals surface area contributed by atoms with Gasteiger partial charge < -0.3 is 19.0 Å². The van der Waals surface area contributed by atoms with E-state index in [1.165, 1.54) is 31.3 Å². The number of hydrogen-bond acceptors (Lipinski definition) is 7. The van der Waals surface area contributed by atoms with Gasteiger partial charge in [-0.2, -0.15) is 0 Å². The predicted molar refractivity (Wildman–Crippen MR) is 104 cm³/mol. The molecular weight excluding hydrogens is 388 g/mol. The summed E-state index contributed by atoms with van der Waals surface area (Å²) in [5.41, 5.74) is -0.704. The van der Waals surface area contributed by atoms with Crippen LogP contribution in [-0.2, 0) is 0 Å². The molecule has 0 saturated carbocycles. The number of carbonyl (C=O) groups excluding carboxylic acids is 1. The Bertz CT molecular complexity index is 1120. The van der Waals surface area contributed by atoms with Crippen molar-refractivity contribution >= 4 is 44.3 Å². The van der Waals surface area contributed by atoms with E-state index >= 15 is 0 Å². The molecule has 0 aliphatic heterocycles. The molecule has 3 rings (SSSR count). The summed E-state index contributed by atoms with van der Waals surface area (Å²) in [5, 5.41) is 12.1. The van der Waals surface area contributed by atoms with Gasteiger partial charge in [0.1, 0.15) is 22.1 Å². The monoisotopic (exact) mass is 404 g/mol. The van der Waals surface area contributed by atoms with Crippen molar-refractivity contribution in [3.63, 3.8) is 0 Å². The Kier molecular flexibility index (Phi) is 5.23. The standard InChI is InChI=1S/C18H16N2O7S/c1-20(11-5-4-9(25-2)6-12(11)26-3)18(24)19-15-8-13-14(28-15)7-10(16(21)22)17(23)27-13/h4-8H,1-3H3,(H,19,24)(H,21,22). The zero-order valence-corrected chi connectivity index (χ0v) is 16.0. The molecule has 9 nitrogen and oxygen atoms in total. The van der Waals surface area contributed by atoms with Crippen molar-refractivity contribution in [2.45, 2.75) is 0 Å². The summed E-state index contributed by atoms with van der Waals surface area (Å²) in [6.45, 7) is 0. The number of nitrogens with zero attached hydrogens (tertiary/aromatic N) is 1. The number of methoxy groups -OCH3 is 2. The SMILES string of the molecule is COc1ccc(N(C)C(=O)Nc2cc3oc(=O)c(C(=O)O)cc3s2)c(OC)c1. The average molecular weight is 404 g/mol. The molecule has 0 unspecified atom stereocenters. The van der Waals surface area contributed by atoms with E-state index in [9.17, 15) is 14.4 Å². The van der Waals surface area contributed by atoms with Crippen molar-refractivity contribution in [3.8, 4) is 11.5 Å². The molecule has 0 atom stereocenters. The molecule has 28 heavy (non-hydrogen) atoms. The molecule has 2 amide bonds. The van der Waals surface area contributed by atoms with E-state index < -0.39 is 23.2 Å². The predicted octanol–water partition coefficient (Wildman–Crippen LogP) is 3.24. The molecule has 0 aliphatic carbocycles. The highest BCUT2D eigenvalue weighted by Gasteiger charge is 2.19. The first-order valence-corrected chi connectivity index (χ1v) is 8.73. The summed E-state index contributed by atoms with van der Waals surface area (Å²) in [7, 11) is 4.58. The highest BCUT2D eigenvalue weighted by Crippen LogP contribution is 2.33. The van der Waals surface area contributed by atoms with Gasteiger partial charge >= 0.3 is 17.6 Å². The second kappa shape index (κ2) is 7.61. The van der Waals surface area contributed by atoms with Crippen molar-refractivity contribution in [3.05, 3.63) is 46.3 Å². The van der Waals surface area contributed by atoms with Gasteiger partial charge in [0.15, 0.2) is 5.58 Å². The number of urea groups is 1. The maximum absolute atomic E-state index is 12.6. The van der Waals surface area contributed by atoms with E-state index in [1.807, 2.05) is 0 Å². The number of amides is 2. The fourth-order valence-corrected chi connectivity index (χ4v) is 3.40. The number of benzene rings is 1. The maximum Gasteiger partial charge on any atom is 0.351 e. The van der Waals surface area contributed by atoms with Crippen LogP contribution < -0.4 is 25.3 Å². The van der Waals surface area contributed by atoms with Gasteiger partial charge in [0, 0.05) is 19.2 Å². The van der Waals surface area contributed by atoms with E-state index in [4.69, 9.17) is 19.0 Å². The average Bonchev–Trinajstić information content (AvgIpc) is 3.06. The number of rotatable bonds is 5. The zero-order valence-electron chi connectivity index (χ0n) is 15.1. The summed E-state index contributed by atoms with van der Waals surface area (Å²) in [6.07, 6.45) is 0. The second-order valence-electron chi connectivity index (χ2n) is 5.62. The molecule has 2 aromatic heterocycles. The number of fused-ring (bicyclic) bond motifs is 1.